The van der Waals surface area contributed by atoms with Crippen molar-refractivity contribution < 1.29 is 14.3 Å². The summed E-state index contributed by atoms with van der Waals surface area (Å²) in [4.78, 5) is 30.9. The minimum atomic E-state index is -0.312. The van der Waals surface area contributed by atoms with Crippen molar-refractivity contribution in [1.82, 2.24) is 4.98 Å². The maximum absolute atomic E-state index is 12.5. The van der Waals surface area contributed by atoms with Crippen LogP contribution in [-0.4, -0.2) is 30.0 Å². The van der Waals surface area contributed by atoms with Crippen LogP contribution >= 0.6 is 11.3 Å². The van der Waals surface area contributed by atoms with Gasteiger partial charge in [-0.3, -0.25) is 9.59 Å². The van der Waals surface area contributed by atoms with Crippen molar-refractivity contribution in [3.63, 3.8) is 0 Å². The Labute approximate surface area is 174 Å². The SMILES string of the molecule is O=C(CCCCc1nc2ccccc2s1)OCC(=O)N1CCCc2ccccc21. The molecule has 0 fully saturated rings. The molecule has 1 amide bonds. The van der Waals surface area contributed by atoms with Crippen LogP contribution in [0.4, 0.5) is 5.69 Å². The summed E-state index contributed by atoms with van der Waals surface area (Å²) >= 11 is 1.70. The number of ether oxygens (including phenoxy) is 1. The van der Waals surface area contributed by atoms with Gasteiger partial charge in [-0.1, -0.05) is 30.3 Å². The first kappa shape index (κ1) is 19.6. The second-order valence-corrected chi connectivity index (χ2v) is 8.34. The van der Waals surface area contributed by atoms with Crippen LogP contribution in [0, 0.1) is 0 Å². The van der Waals surface area contributed by atoms with Gasteiger partial charge in [0.05, 0.1) is 15.2 Å². The molecule has 150 valence electrons. The number of carbonyl (C=O) groups excluding carboxylic acids is 2. The Morgan fingerprint density at radius 3 is 2.79 bits per heavy atom. The molecule has 0 unspecified atom stereocenters. The van der Waals surface area contributed by atoms with Crippen LogP contribution in [-0.2, 0) is 27.2 Å². The molecule has 1 aromatic heterocycles. The zero-order chi connectivity index (χ0) is 20.1. The van der Waals surface area contributed by atoms with Crippen LogP contribution in [0.5, 0.6) is 0 Å². The molecule has 29 heavy (non-hydrogen) atoms. The zero-order valence-corrected chi connectivity index (χ0v) is 17.1. The highest BCUT2D eigenvalue weighted by molar-refractivity contribution is 7.18. The van der Waals surface area contributed by atoms with Gasteiger partial charge in [-0.15, -0.1) is 11.3 Å². The van der Waals surface area contributed by atoms with E-state index in [2.05, 4.69) is 11.1 Å². The van der Waals surface area contributed by atoms with Gasteiger partial charge in [0.15, 0.2) is 6.61 Å². The molecule has 1 aliphatic rings. The summed E-state index contributed by atoms with van der Waals surface area (Å²) in [5.41, 5.74) is 3.15. The average molecular weight is 409 g/mol. The molecule has 2 heterocycles. The average Bonchev–Trinajstić information content (AvgIpc) is 3.17. The van der Waals surface area contributed by atoms with E-state index in [0.717, 1.165) is 48.3 Å². The Morgan fingerprint density at radius 1 is 1.07 bits per heavy atom. The fourth-order valence-electron chi connectivity index (χ4n) is 3.66. The van der Waals surface area contributed by atoms with E-state index in [1.165, 1.54) is 10.3 Å². The summed E-state index contributed by atoms with van der Waals surface area (Å²) in [6, 6.07) is 16.0. The van der Waals surface area contributed by atoms with E-state index >= 15 is 0 Å². The van der Waals surface area contributed by atoms with Crippen molar-refractivity contribution in [3.05, 3.63) is 59.1 Å². The molecule has 0 N–H and O–H groups in total. The Balaban J connectivity index is 1.19. The van der Waals surface area contributed by atoms with Gasteiger partial charge in [-0.2, -0.15) is 0 Å². The van der Waals surface area contributed by atoms with Gasteiger partial charge in [0, 0.05) is 18.7 Å². The largest absolute Gasteiger partial charge is 0.456 e. The molecule has 0 saturated carbocycles. The number of aromatic nitrogens is 1. The number of unbranched alkanes of at least 4 members (excludes halogenated alkanes) is 1. The topological polar surface area (TPSA) is 59.5 Å². The van der Waals surface area contributed by atoms with Crippen molar-refractivity contribution in [2.24, 2.45) is 0 Å². The molecule has 0 atom stereocenters. The van der Waals surface area contributed by atoms with Crippen molar-refractivity contribution >= 4 is 39.1 Å². The number of hydrogen-bond donors (Lipinski definition) is 0. The highest BCUT2D eigenvalue weighted by Crippen LogP contribution is 2.27. The van der Waals surface area contributed by atoms with Gasteiger partial charge in [-0.25, -0.2) is 4.98 Å². The molecule has 5 nitrogen and oxygen atoms in total. The number of rotatable bonds is 7. The molecule has 0 radical (unpaired) electrons. The molecular formula is C23H24N2O3S. The molecular weight excluding hydrogens is 384 g/mol. The van der Waals surface area contributed by atoms with Gasteiger partial charge in [0.1, 0.15) is 0 Å². The van der Waals surface area contributed by atoms with Gasteiger partial charge in [-0.05, 0) is 55.9 Å². The van der Waals surface area contributed by atoms with E-state index in [9.17, 15) is 9.59 Å². The number of anilines is 1. The minimum absolute atomic E-state index is 0.153. The Kier molecular flexibility index (Phi) is 6.20. The lowest BCUT2D eigenvalue weighted by Crippen LogP contribution is -2.38. The number of amides is 1. The summed E-state index contributed by atoms with van der Waals surface area (Å²) in [5, 5.41) is 1.10. The highest BCUT2D eigenvalue weighted by atomic mass is 32.1. The van der Waals surface area contributed by atoms with E-state index in [0.29, 0.717) is 13.0 Å². The minimum Gasteiger partial charge on any atom is -0.456 e. The third-order valence-electron chi connectivity index (χ3n) is 5.13. The third kappa shape index (κ3) is 4.82. The van der Waals surface area contributed by atoms with E-state index in [1.54, 1.807) is 16.2 Å². The number of para-hydroxylation sites is 2. The molecule has 0 bridgehead atoms. The zero-order valence-electron chi connectivity index (χ0n) is 16.3. The summed E-state index contributed by atoms with van der Waals surface area (Å²) in [7, 11) is 0. The Hall–Kier alpha value is -2.73. The number of thiazole rings is 1. The van der Waals surface area contributed by atoms with Crippen LogP contribution < -0.4 is 4.90 Å². The van der Waals surface area contributed by atoms with Crippen molar-refractivity contribution in [2.75, 3.05) is 18.1 Å². The molecule has 6 heteroatoms. The molecule has 4 rings (SSSR count). The van der Waals surface area contributed by atoms with Gasteiger partial charge in [0.2, 0.25) is 0 Å². The quantitative estimate of drug-likeness (QED) is 0.426. The predicted octanol–water partition coefficient (Wildman–Crippen LogP) is 4.53. The van der Waals surface area contributed by atoms with Gasteiger partial charge >= 0.3 is 5.97 Å². The number of hydrogen-bond acceptors (Lipinski definition) is 5. The van der Waals surface area contributed by atoms with E-state index in [4.69, 9.17) is 4.74 Å². The summed E-state index contributed by atoms with van der Waals surface area (Å²) < 4.78 is 6.42. The lowest BCUT2D eigenvalue weighted by molar-refractivity contribution is -0.148. The standard InChI is InChI=1S/C23H24N2O3S/c26-22(25-15-7-9-17-8-1-3-11-19(17)25)16-28-23(27)14-6-5-13-21-24-18-10-2-4-12-20(18)29-21/h1-4,8,10-12H,5-7,9,13-16H2. The highest BCUT2D eigenvalue weighted by Gasteiger charge is 2.22. The van der Waals surface area contributed by atoms with Crippen molar-refractivity contribution in [2.45, 2.75) is 38.5 Å². The molecule has 0 spiro atoms. The Morgan fingerprint density at radius 2 is 1.90 bits per heavy atom. The van der Waals surface area contributed by atoms with Crippen LogP contribution in [0.2, 0.25) is 0 Å². The molecule has 0 saturated heterocycles. The summed E-state index contributed by atoms with van der Waals surface area (Å²) in [6.07, 6.45) is 4.71. The molecule has 0 aliphatic carbocycles. The van der Waals surface area contributed by atoms with E-state index in [-0.39, 0.29) is 18.5 Å². The second kappa shape index (κ2) is 9.18. The first-order valence-corrected chi connectivity index (χ1v) is 10.9. The van der Waals surface area contributed by atoms with Crippen molar-refractivity contribution in [3.8, 4) is 0 Å². The molecule has 2 aromatic carbocycles. The maximum Gasteiger partial charge on any atom is 0.306 e. The van der Waals surface area contributed by atoms with Crippen LogP contribution in [0.15, 0.2) is 48.5 Å². The fraction of sp³-hybridized carbons (Fsp3) is 0.348. The number of fused-ring (bicyclic) bond motifs is 2. The van der Waals surface area contributed by atoms with Gasteiger partial charge < -0.3 is 9.64 Å². The first-order valence-electron chi connectivity index (χ1n) is 10.1. The summed E-state index contributed by atoms with van der Waals surface area (Å²) in [5.74, 6) is -0.465. The summed E-state index contributed by atoms with van der Waals surface area (Å²) in [6.45, 7) is 0.487. The first-order chi connectivity index (χ1) is 14.2. The van der Waals surface area contributed by atoms with Crippen LogP contribution in [0.1, 0.15) is 36.3 Å². The number of aryl methyl sites for hydroxylation is 2. The predicted molar refractivity (Wildman–Crippen MR) is 115 cm³/mol. The Bertz CT molecular complexity index is 981. The number of esters is 1. The lowest BCUT2D eigenvalue weighted by Gasteiger charge is -2.29. The monoisotopic (exact) mass is 408 g/mol. The van der Waals surface area contributed by atoms with Crippen molar-refractivity contribution in [1.29, 1.82) is 0 Å². The fourth-order valence-corrected chi connectivity index (χ4v) is 4.67. The van der Waals surface area contributed by atoms with E-state index in [1.807, 2.05) is 42.5 Å². The third-order valence-corrected chi connectivity index (χ3v) is 6.22. The second-order valence-electron chi connectivity index (χ2n) is 7.22. The van der Waals surface area contributed by atoms with E-state index < -0.39 is 0 Å². The number of nitrogens with zero attached hydrogens (tertiary/aromatic N) is 2. The normalized spacial score (nSPS) is 13.3. The van der Waals surface area contributed by atoms with Crippen LogP contribution in [0.25, 0.3) is 10.2 Å². The maximum atomic E-state index is 12.5. The smallest absolute Gasteiger partial charge is 0.306 e. The molecule has 1 aliphatic heterocycles. The number of carbonyl (C=O) groups is 2. The van der Waals surface area contributed by atoms with Crippen LogP contribution in [0.3, 0.4) is 0 Å². The molecule has 3 aromatic rings. The number of benzene rings is 2. The van der Waals surface area contributed by atoms with Gasteiger partial charge in [0.25, 0.3) is 5.91 Å². The lowest BCUT2D eigenvalue weighted by atomic mass is 10.0.